The summed E-state index contributed by atoms with van der Waals surface area (Å²) in [5.74, 6) is 1.23. The first-order chi connectivity index (χ1) is 7.58. The van der Waals surface area contributed by atoms with Crippen LogP contribution < -0.4 is 4.74 Å². The van der Waals surface area contributed by atoms with Gasteiger partial charge >= 0.3 is 0 Å². The molecule has 0 saturated carbocycles. The standard InChI is InChI=1S/C11H17ClN2O2/c1-5-9-13-10(12)8(3)11(14-9)16-7(2)6-15-4/h7H,5-6H2,1-4H3. The Morgan fingerprint density at radius 3 is 2.62 bits per heavy atom. The zero-order valence-electron chi connectivity index (χ0n) is 10.1. The van der Waals surface area contributed by atoms with Gasteiger partial charge in [-0.2, -0.15) is 4.98 Å². The number of aryl methyl sites for hydroxylation is 1. The predicted octanol–water partition coefficient (Wildman–Crippen LogP) is 2.41. The molecule has 1 aromatic rings. The molecule has 0 radical (unpaired) electrons. The second kappa shape index (κ2) is 6.01. The summed E-state index contributed by atoms with van der Waals surface area (Å²) in [5, 5.41) is 0.450. The fourth-order valence-electron chi connectivity index (χ4n) is 1.24. The summed E-state index contributed by atoms with van der Waals surface area (Å²) in [6, 6.07) is 0. The average molecular weight is 245 g/mol. The lowest BCUT2D eigenvalue weighted by Gasteiger charge is -2.15. The van der Waals surface area contributed by atoms with Crippen LogP contribution in [0.1, 0.15) is 25.2 Å². The van der Waals surface area contributed by atoms with Crippen LogP contribution in [0.4, 0.5) is 0 Å². The Hall–Kier alpha value is -0.870. The number of hydrogen-bond donors (Lipinski definition) is 0. The smallest absolute Gasteiger partial charge is 0.221 e. The zero-order valence-corrected chi connectivity index (χ0v) is 10.8. The van der Waals surface area contributed by atoms with Crippen molar-refractivity contribution in [1.29, 1.82) is 0 Å². The number of aromatic nitrogens is 2. The summed E-state index contributed by atoms with van der Waals surface area (Å²) in [5.41, 5.74) is 0.766. The molecule has 0 N–H and O–H groups in total. The van der Waals surface area contributed by atoms with E-state index in [0.29, 0.717) is 23.5 Å². The molecule has 0 spiro atoms. The second-order valence-electron chi connectivity index (χ2n) is 3.60. The molecule has 4 nitrogen and oxygen atoms in total. The largest absolute Gasteiger partial charge is 0.472 e. The molecule has 1 unspecified atom stereocenters. The third-order valence-electron chi connectivity index (χ3n) is 2.12. The Balaban J connectivity index is 2.89. The molecule has 0 aromatic carbocycles. The molecule has 0 aliphatic heterocycles. The summed E-state index contributed by atoms with van der Waals surface area (Å²) in [7, 11) is 1.64. The van der Waals surface area contributed by atoms with Gasteiger partial charge in [-0.05, 0) is 13.8 Å². The van der Waals surface area contributed by atoms with Gasteiger partial charge in [0.15, 0.2) is 0 Å². The molecular formula is C11H17ClN2O2. The van der Waals surface area contributed by atoms with Crippen LogP contribution >= 0.6 is 11.6 Å². The molecule has 16 heavy (non-hydrogen) atoms. The van der Waals surface area contributed by atoms with Crippen molar-refractivity contribution in [2.45, 2.75) is 33.3 Å². The van der Waals surface area contributed by atoms with Gasteiger partial charge in [-0.1, -0.05) is 18.5 Å². The molecule has 0 bridgehead atoms. The minimum absolute atomic E-state index is 0.0561. The van der Waals surface area contributed by atoms with E-state index >= 15 is 0 Å². The Morgan fingerprint density at radius 2 is 2.06 bits per heavy atom. The average Bonchev–Trinajstić information content (AvgIpc) is 2.24. The quantitative estimate of drug-likeness (QED) is 0.747. The van der Waals surface area contributed by atoms with Crippen LogP contribution in [-0.4, -0.2) is 29.8 Å². The Kier molecular flexibility index (Phi) is 4.96. The van der Waals surface area contributed by atoms with Gasteiger partial charge in [0.05, 0.1) is 6.61 Å². The van der Waals surface area contributed by atoms with Gasteiger partial charge in [0.1, 0.15) is 17.1 Å². The topological polar surface area (TPSA) is 44.2 Å². The Morgan fingerprint density at radius 1 is 1.38 bits per heavy atom. The van der Waals surface area contributed by atoms with E-state index in [-0.39, 0.29) is 6.10 Å². The van der Waals surface area contributed by atoms with Crippen LogP contribution in [0.3, 0.4) is 0 Å². The summed E-state index contributed by atoms with van der Waals surface area (Å²) >= 11 is 6.00. The van der Waals surface area contributed by atoms with Crippen molar-refractivity contribution in [2.75, 3.05) is 13.7 Å². The number of nitrogens with zero attached hydrogens (tertiary/aromatic N) is 2. The van der Waals surface area contributed by atoms with Crippen molar-refractivity contribution in [2.24, 2.45) is 0 Å². The molecule has 1 heterocycles. The number of halogens is 1. The van der Waals surface area contributed by atoms with Crippen LogP contribution in [0, 0.1) is 6.92 Å². The molecule has 1 atom stereocenters. The van der Waals surface area contributed by atoms with E-state index in [1.807, 2.05) is 20.8 Å². The van der Waals surface area contributed by atoms with Crippen LogP contribution in [0.15, 0.2) is 0 Å². The molecule has 0 aliphatic carbocycles. The fraction of sp³-hybridized carbons (Fsp3) is 0.636. The highest BCUT2D eigenvalue weighted by Gasteiger charge is 2.12. The lowest BCUT2D eigenvalue weighted by Crippen LogP contribution is -2.19. The first kappa shape index (κ1) is 13.2. The lowest BCUT2D eigenvalue weighted by atomic mass is 10.3. The zero-order chi connectivity index (χ0) is 12.1. The SMILES string of the molecule is CCc1nc(Cl)c(C)c(OC(C)COC)n1. The van der Waals surface area contributed by atoms with Gasteiger partial charge in [0.2, 0.25) is 5.88 Å². The van der Waals surface area contributed by atoms with Crippen LogP contribution in [0.2, 0.25) is 5.15 Å². The van der Waals surface area contributed by atoms with Gasteiger partial charge in [0.25, 0.3) is 0 Å². The minimum atomic E-state index is -0.0561. The molecule has 1 aromatic heterocycles. The molecule has 0 amide bonds. The molecule has 1 rings (SSSR count). The highest BCUT2D eigenvalue weighted by atomic mass is 35.5. The van der Waals surface area contributed by atoms with E-state index in [1.54, 1.807) is 7.11 Å². The normalized spacial score (nSPS) is 12.6. The van der Waals surface area contributed by atoms with Gasteiger partial charge in [-0.15, -0.1) is 0 Å². The molecule has 0 aliphatic rings. The van der Waals surface area contributed by atoms with Crippen molar-refractivity contribution >= 4 is 11.6 Å². The Labute approximate surface area is 101 Å². The van der Waals surface area contributed by atoms with Crippen LogP contribution in [0.5, 0.6) is 5.88 Å². The lowest BCUT2D eigenvalue weighted by molar-refractivity contribution is 0.0882. The molecular weight excluding hydrogens is 228 g/mol. The van der Waals surface area contributed by atoms with Crippen molar-refractivity contribution in [3.8, 4) is 5.88 Å². The molecule has 0 fully saturated rings. The van der Waals surface area contributed by atoms with Crippen LogP contribution in [-0.2, 0) is 11.2 Å². The maximum absolute atomic E-state index is 6.00. The van der Waals surface area contributed by atoms with Crippen molar-refractivity contribution in [3.05, 3.63) is 16.5 Å². The minimum Gasteiger partial charge on any atom is -0.472 e. The van der Waals surface area contributed by atoms with E-state index in [9.17, 15) is 0 Å². The van der Waals surface area contributed by atoms with Crippen molar-refractivity contribution < 1.29 is 9.47 Å². The number of rotatable bonds is 5. The van der Waals surface area contributed by atoms with Crippen LogP contribution in [0.25, 0.3) is 0 Å². The Bertz CT molecular complexity index is 358. The highest BCUT2D eigenvalue weighted by molar-refractivity contribution is 6.30. The van der Waals surface area contributed by atoms with Gasteiger partial charge < -0.3 is 9.47 Å². The first-order valence-electron chi connectivity index (χ1n) is 5.27. The van der Waals surface area contributed by atoms with E-state index in [4.69, 9.17) is 21.1 Å². The summed E-state index contributed by atoms with van der Waals surface area (Å²) < 4.78 is 10.6. The maximum Gasteiger partial charge on any atom is 0.221 e. The van der Waals surface area contributed by atoms with Crippen molar-refractivity contribution in [1.82, 2.24) is 9.97 Å². The molecule has 0 saturated heterocycles. The predicted molar refractivity (Wildman–Crippen MR) is 63.1 cm³/mol. The summed E-state index contributed by atoms with van der Waals surface area (Å²) in [6.45, 7) is 6.26. The molecule has 5 heteroatoms. The summed E-state index contributed by atoms with van der Waals surface area (Å²) in [4.78, 5) is 8.45. The van der Waals surface area contributed by atoms with Gasteiger partial charge in [-0.3, -0.25) is 0 Å². The maximum atomic E-state index is 6.00. The van der Waals surface area contributed by atoms with Gasteiger partial charge in [-0.25, -0.2) is 4.98 Å². The second-order valence-corrected chi connectivity index (χ2v) is 3.96. The van der Waals surface area contributed by atoms with E-state index in [1.165, 1.54) is 0 Å². The van der Waals surface area contributed by atoms with E-state index in [0.717, 1.165) is 12.0 Å². The molecule has 90 valence electrons. The number of ether oxygens (including phenoxy) is 2. The number of methoxy groups -OCH3 is 1. The van der Waals surface area contributed by atoms with E-state index < -0.39 is 0 Å². The van der Waals surface area contributed by atoms with Gasteiger partial charge in [0, 0.05) is 19.1 Å². The first-order valence-corrected chi connectivity index (χ1v) is 5.64. The van der Waals surface area contributed by atoms with Crippen molar-refractivity contribution in [3.63, 3.8) is 0 Å². The highest BCUT2D eigenvalue weighted by Crippen LogP contribution is 2.22. The fourth-order valence-corrected chi connectivity index (χ4v) is 1.42. The third kappa shape index (κ3) is 3.32. The number of hydrogen-bond acceptors (Lipinski definition) is 4. The van der Waals surface area contributed by atoms with E-state index in [2.05, 4.69) is 9.97 Å². The summed E-state index contributed by atoms with van der Waals surface area (Å²) in [6.07, 6.45) is 0.675. The monoisotopic (exact) mass is 244 g/mol. The third-order valence-corrected chi connectivity index (χ3v) is 2.49.